The highest BCUT2D eigenvalue weighted by atomic mass is 32.1. The second-order valence-corrected chi connectivity index (χ2v) is 17.0. The first-order valence-corrected chi connectivity index (χ1v) is 22.0. The van der Waals surface area contributed by atoms with Gasteiger partial charge in [0.2, 0.25) is 0 Å². The molecule has 0 saturated carbocycles. The van der Waals surface area contributed by atoms with E-state index in [9.17, 15) is 0 Å². The molecule has 0 radical (unpaired) electrons. The topological polar surface area (TPSA) is 8.17 Å². The van der Waals surface area contributed by atoms with Gasteiger partial charge < -0.3 is 9.47 Å². The standard InChI is InChI=1S/C58H40N2S/c1-2-13-41(14-3-1)47-16-6-9-22-53(47)59(45-36-29-43(30-37-45)49-20-12-21-51-50-18-8-11-24-56(50)61-58(49)51)44-32-25-39(26-33-44)40-27-34-46(35-28-40)60-54-23-10-7-19-52(54)57-48-17-5-4-15-42(48)31-38-55(57)60/h1-7,9-10,12-38H,8,11H2. The van der Waals surface area contributed by atoms with Gasteiger partial charge in [-0.05, 0) is 111 Å². The number of hydrogen-bond acceptors (Lipinski definition) is 2. The molecule has 0 fully saturated rings. The third-order valence-corrected chi connectivity index (χ3v) is 13.7. The number of thiophene rings is 1. The van der Waals surface area contributed by atoms with E-state index in [1.54, 1.807) is 0 Å². The second kappa shape index (κ2) is 14.7. The van der Waals surface area contributed by atoms with Crippen LogP contribution in [0.25, 0.3) is 93.9 Å². The van der Waals surface area contributed by atoms with E-state index >= 15 is 0 Å². The number of rotatable bonds is 7. The van der Waals surface area contributed by atoms with E-state index in [1.807, 2.05) is 11.3 Å². The van der Waals surface area contributed by atoms with Crippen molar-refractivity contribution in [2.45, 2.75) is 12.8 Å². The number of aromatic nitrogens is 1. The molecular weight excluding hydrogens is 757 g/mol. The largest absolute Gasteiger partial charge is 0.310 e. The van der Waals surface area contributed by atoms with Crippen molar-refractivity contribution in [3.63, 3.8) is 0 Å². The lowest BCUT2D eigenvalue weighted by Crippen LogP contribution is -2.20. The average Bonchev–Trinajstić information content (AvgIpc) is 3.89. The number of para-hydroxylation sites is 2. The molecule has 0 atom stereocenters. The Morgan fingerprint density at radius 1 is 0.410 bits per heavy atom. The molecule has 0 saturated heterocycles. The summed E-state index contributed by atoms with van der Waals surface area (Å²) in [6.45, 7) is 0. The Labute approximate surface area is 358 Å². The van der Waals surface area contributed by atoms with Crippen LogP contribution in [0.4, 0.5) is 17.1 Å². The number of nitrogens with zero attached hydrogens (tertiary/aromatic N) is 2. The minimum atomic E-state index is 1.10. The summed E-state index contributed by atoms with van der Waals surface area (Å²) in [5, 5.41) is 7.90. The molecule has 0 bridgehead atoms. The Morgan fingerprint density at radius 2 is 1.02 bits per heavy atom. The molecule has 2 heterocycles. The predicted molar refractivity (Wildman–Crippen MR) is 262 cm³/mol. The summed E-state index contributed by atoms with van der Waals surface area (Å²) >= 11 is 1.93. The van der Waals surface area contributed by atoms with Crippen LogP contribution in [0.5, 0.6) is 0 Å². The van der Waals surface area contributed by atoms with Crippen molar-refractivity contribution in [3.05, 3.63) is 216 Å². The van der Waals surface area contributed by atoms with E-state index in [4.69, 9.17) is 0 Å². The van der Waals surface area contributed by atoms with E-state index in [1.165, 1.54) is 85.8 Å². The van der Waals surface area contributed by atoms with Crippen molar-refractivity contribution < 1.29 is 0 Å². The van der Waals surface area contributed by atoms with Gasteiger partial charge in [-0.2, -0.15) is 0 Å². The Balaban J connectivity index is 0.925. The normalized spacial score (nSPS) is 12.4. The van der Waals surface area contributed by atoms with Crippen LogP contribution in [0.1, 0.15) is 12.8 Å². The number of anilines is 3. The Bertz CT molecular complexity index is 3560. The first kappa shape index (κ1) is 35.5. The molecule has 2 nitrogen and oxygen atoms in total. The predicted octanol–water partition coefficient (Wildman–Crippen LogP) is 15.0. The number of hydrogen-bond donors (Lipinski definition) is 0. The first-order valence-electron chi connectivity index (χ1n) is 21.2. The number of fused-ring (bicyclic) bond motifs is 8. The molecule has 1 aliphatic carbocycles. The fraction of sp³-hybridized carbons (Fsp3) is 0.0345. The van der Waals surface area contributed by atoms with Crippen molar-refractivity contribution in [1.82, 2.24) is 4.57 Å². The maximum atomic E-state index is 2.41. The fourth-order valence-electron chi connectivity index (χ4n) is 9.56. The van der Waals surface area contributed by atoms with Crippen LogP contribution in [-0.4, -0.2) is 4.57 Å². The quantitative estimate of drug-likeness (QED) is 0.156. The van der Waals surface area contributed by atoms with Crippen molar-refractivity contribution in [2.75, 3.05) is 4.90 Å². The molecule has 11 aromatic rings. The Hall–Kier alpha value is -7.46. The molecule has 0 spiro atoms. The van der Waals surface area contributed by atoms with Crippen LogP contribution in [0, 0.1) is 0 Å². The van der Waals surface area contributed by atoms with E-state index < -0.39 is 0 Å². The average molecular weight is 797 g/mol. The van der Waals surface area contributed by atoms with Gasteiger partial charge in [0, 0.05) is 48.0 Å². The van der Waals surface area contributed by atoms with Crippen LogP contribution in [0.2, 0.25) is 0 Å². The van der Waals surface area contributed by atoms with Gasteiger partial charge in [0.05, 0.1) is 16.7 Å². The first-order chi connectivity index (χ1) is 30.3. The molecule has 9 aromatic carbocycles. The van der Waals surface area contributed by atoms with Gasteiger partial charge in [0.25, 0.3) is 0 Å². The molecule has 0 aliphatic heterocycles. The second-order valence-electron chi connectivity index (χ2n) is 15.9. The highest BCUT2D eigenvalue weighted by Gasteiger charge is 2.19. The molecule has 0 N–H and O–H groups in total. The number of benzene rings is 9. The zero-order valence-electron chi connectivity index (χ0n) is 33.5. The summed E-state index contributed by atoms with van der Waals surface area (Å²) in [4.78, 5) is 2.40. The van der Waals surface area contributed by atoms with Crippen LogP contribution < -0.4 is 14.7 Å². The van der Waals surface area contributed by atoms with Gasteiger partial charge in [0.1, 0.15) is 0 Å². The summed E-state index contributed by atoms with van der Waals surface area (Å²) < 4.78 is 5.18. The van der Waals surface area contributed by atoms with E-state index in [0.29, 0.717) is 0 Å². The summed E-state index contributed by atoms with van der Waals surface area (Å²) in [5.41, 5.74) is 14.2. The van der Waals surface area contributed by atoms with E-state index in [0.717, 1.165) is 35.6 Å². The van der Waals surface area contributed by atoms with E-state index in [-0.39, 0.29) is 0 Å². The maximum Gasteiger partial charge on any atom is 0.0547 e. The van der Waals surface area contributed by atoms with Gasteiger partial charge in [-0.15, -0.1) is 11.3 Å². The highest BCUT2D eigenvalue weighted by molar-refractivity contribution is 7.17. The van der Waals surface area contributed by atoms with Crippen LogP contribution >= 0.6 is 11.3 Å². The van der Waals surface area contributed by atoms with Gasteiger partial charge in [-0.3, -0.25) is 0 Å². The van der Waals surface area contributed by atoms with Gasteiger partial charge in [0.15, 0.2) is 0 Å². The molecule has 1 aliphatic rings. The molecule has 288 valence electrons. The lowest BCUT2D eigenvalue weighted by atomic mass is 10.00. The Kier molecular flexibility index (Phi) is 8.53. The van der Waals surface area contributed by atoms with Crippen molar-refractivity contribution in [1.29, 1.82) is 0 Å². The lowest BCUT2D eigenvalue weighted by molar-refractivity contribution is 1.13. The minimum Gasteiger partial charge on any atom is -0.310 e. The maximum absolute atomic E-state index is 2.41. The summed E-state index contributed by atoms with van der Waals surface area (Å²) in [6.07, 6.45) is 7.06. The smallest absolute Gasteiger partial charge is 0.0547 e. The van der Waals surface area contributed by atoms with Gasteiger partial charge in [-0.1, -0.05) is 164 Å². The van der Waals surface area contributed by atoms with Gasteiger partial charge >= 0.3 is 0 Å². The summed E-state index contributed by atoms with van der Waals surface area (Å²) in [6, 6.07) is 75.5. The van der Waals surface area contributed by atoms with Crippen LogP contribution in [-0.2, 0) is 0 Å². The summed E-state index contributed by atoms with van der Waals surface area (Å²) in [7, 11) is 0. The molecular formula is C58H40N2S. The van der Waals surface area contributed by atoms with Crippen molar-refractivity contribution in [3.8, 4) is 39.1 Å². The van der Waals surface area contributed by atoms with Crippen molar-refractivity contribution >= 4 is 83.2 Å². The van der Waals surface area contributed by atoms with Crippen LogP contribution in [0.15, 0.2) is 206 Å². The third-order valence-electron chi connectivity index (χ3n) is 12.4. The zero-order chi connectivity index (χ0) is 40.3. The molecule has 2 aromatic heterocycles. The molecule has 3 heteroatoms. The van der Waals surface area contributed by atoms with Crippen molar-refractivity contribution in [2.24, 2.45) is 0 Å². The molecule has 61 heavy (non-hydrogen) atoms. The SMILES string of the molecule is C1=c2sc3c(-c4ccc(N(c5ccc(-c6ccc(-n7c8ccccc8c8c9ccccc9ccc87)cc6)cc5)c5ccccc5-c5ccccc5)cc4)cccc3c2=CCC1. The monoisotopic (exact) mass is 796 g/mol. The third kappa shape index (κ3) is 6.00. The van der Waals surface area contributed by atoms with E-state index in [2.05, 4.69) is 228 Å². The zero-order valence-corrected chi connectivity index (χ0v) is 34.3. The van der Waals surface area contributed by atoms with Crippen LogP contribution in [0.3, 0.4) is 0 Å². The highest BCUT2D eigenvalue weighted by Crippen LogP contribution is 2.43. The summed E-state index contributed by atoms with van der Waals surface area (Å²) in [5.74, 6) is 0. The molecule has 0 unspecified atom stereocenters. The lowest BCUT2D eigenvalue weighted by Gasteiger charge is -2.28. The van der Waals surface area contributed by atoms with Gasteiger partial charge in [-0.25, -0.2) is 0 Å². The molecule has 12 rings (SSSR count). The minimum absolute atomic E-state index is 1.10. The molecule has 0 amide bonds. The Morgan fingerprint density at radius 3 is 1.82 bits per heavy atom. The fourth-order valence-corrected chi connectivity index (χ4v) is 10.9.